The van der Waals surface area contributed by atoms with E-state index in [1.54, 1.807) is 24.5 Å². The first-order chi connectivity index (χ1) is 10.2. The van der Waals surface area contributed by atoms with Crippen molar-refractivity contribution in [3.63, 3.8) is 0 Å². The van der Waals surface area contributed by atoms with Crippen molar-refractivity contribution in [3.8, 4) is 10.8 Å². The lowest BCUT2D eigenvalue weighted by molar-refractivity contribution is 0.104. The zero-order valence-corrected chi connectivity index (χ0v) is 13.2. The molecule has 104 valence electrons. The number of ketones is 1. The number of hydrogen-bond acceptors (Lipinski definition) is 4. The van der Waals surface area contributed by atoms with Crippen molar-refractivity contribution in [3.05, 3.63) is 69.8 Å². The zero-order valence-electron chi connectivity index (χ0n) is 10.8. The molecule has 0 unspecified atom stereocenters. The molecule has 0 amide bonds. The van der Waals surface area contributed by atoms with Gasteiger partial charge < -0.3 is 4.42 Å². The SMILES string of the molecule is O=C(C=Cc1csc(-c2ccco2)n1)c1ccc(Br)cc1. The summed E-state index contributed by atoms with van der Waals surface area (Å²) in [6.45, 7) is 0. The fraction of sp³-hybridized carbons (Fsp3) is 0. The second-order valence-electron chi connectivity index (χ2n) is 4.26. The Kier molecular flexibility index (Phi) is 4.13. The summed E-state index contributed by atoms with van der Waals surface area (Å²) < 4.78 is 6.24. The fourth-order valence-electron chi connectivity index (χ4n) is 1.75. The van der Waals surface area contributed by atoms with Gasteiger partial charge in [-0.1, -0.05) is 15.9 Å². The molecular weight excluding hydrogens is 350 g/mol. The molecule has 3 nitrogen and oxygen atoms in total. The number of benzene rings is 1. The summed E-state index contributed by atoms with van der Waals surface area (Å²) >= 11 is 4.83. The van der Waals surface area contributed by atoms with E-state index in [2.05, 4.69) is 20.9 Å². The summed E-state index contributed by atoms with van der Waals surface area (Å²) in [5.74, 6) is 0.689. The van der Waals surface area contributed by atoms with Crippen LogP contribution in [-0.2, 0) is 0 Å². The standard InChI is InChI=1S/C16H10BrNO2S/c17-12-5-3-11(4-6-12)14(19)8-7-13-10-21-16(18-13)15-2-1-9-20-15/h1-10H. The lowest BCUT2D eigenvalue weighted by Gasteiger charge is -1.95. The number of rotatable bonds is 4. The van der Waals surface area contributed by atoms with Crippen LogP contribution in [0.15, 0.2) is 63.0 Å². The van der Waals surface area contributed by atoms with Gasteiger partial charge in [0.25, 0.3) is 0 Å². The quantitative estimate of drug-likeness (QED) is 0.482. The Labute approximate surface area is 134 Å². The van der Waals surface area contributed by atoms with Gasteiger partial charge in [-0.05, 0) is 48.6 Å². The Morgan fingerprint density at radius 3 is 2.76 bits per heavy atom. The smallest absolute Gasteiger partial charge is 0.185 e. The summed E-state index contributed by atoms with van der Waals surface area (Å²) in [6.07, 6.45) is 4.86. The van der Waals surface area contributed by atoms with Crippen molar-refractivity contribution in [2.75, 3.05) is 0 Å². The minimum absolute atomic E-state index is 0.0463. The van der Waals surface area contributed by atoms with Gasteiger partial charge in [0, 0.05) is 15.4 Å². The van der Waals surface area contributed by atoms with Gasteiger partial charge in [-0.2, -0.15) is 0 Å². The third-order valence-corrected chi connectivity index (χ3v) is 4.19. The van der Waals surface area contributed by atoms with E-state index >= 15 is 0 Å². The molecule has 0 bridgehead atoms. The van der Waals surface area contributed by atoms with Crippen LogP contribution in [-0.4, -0.2) is 10.8 Å². The number of halogens is 1. The van der Waals surface area contributed by atoms with Crippen LogP contribution in [0.25, 0.3) is 16.8 Å². The Balaban J connectivity index is 1.74. The number of carbonyl (C=O) groups excluding carboxylic acids is 1. The Hall–Kier alpha value is -1.98. The van der Waals surface area contributed by atoms with Crippen molar-refractivity contribution in [2.24, 2.45) is 0 Å². The van der Waals surface area contributed by atoms with Gasteiger partial charge in [0.05, 0.1) is 12.0 Å². The van der Waals surface area contributed by atoms with Crippen molar-refractivity contribution < 1.29 is 9.21 Å². The summed E-state index contributed by atoms with van der Waals surface area (Å²) in [7, 11) is 0. The summed E-state index contributed by atoms with van der Waals surface area (Å²) in [5.41, 5.74) is 1.40. The molecule has 0 atom stereocenters. The normalized spacial score (nSPS) is 11.1. The van der Waals surface area contributed by atoms with E-state index in [0.29, 0.717) is 5.56 Å². The first-order valence-corrected chi connectivity index (χ1v) is 7.87. The molecule has 5 heteroatoms. The zero-order chi connectivity index (χ0) is 14.7. The number of allylic oxidation sites excluding steroid dienone is 1. The molecule has 0 aliphatic heterocycles. The fourth-order valence-corrected chi connectivity index (χ4v) is 2.77. The second-order valence-corrected chi connectivity index (χ2v) is 6.03. The van der Waals surface area contributed by atoms with Crippen molar-refractivity contribution >= 4 is 39.1 Å². The number of furan rings is 1. The first kappa shape index (κ1) is 14.0. The van der Waals surface area contributed by atoms with Crippen LogP contribution in [0.2, 0.25) is 0 Å². The summed E-state index contributed by atoms with van der Waals surface area (Å²) in [5, 5.41) is 2.69. The van der Waals surface area contributed by atoms with Gasteiger partial charge >= 0.3 is 0 Å². The predicted octanol–water partition coefficient (Wildman–Crippen LogP) is 5.06. The predicted molar refractivity (Wildman–Crippen MR) is 87.3 cm³/mol. The Bertz CT molecular complexity index is 773. The van der Waals surface area contributed by atoms with Gasteiger partial charge in [-0.15, -0.1) is 11.3 Å². The van der Waals surface area contributed by atoms with Gasteiger partial charge in [-0.3, -0.25) is 4.79 Å². The minimum Gasteiger partial charge on any atom is -0.462 e. The van der Waals surface area contributed by atoms with E-state index < -0.39 is 0 Å². The van der Waals surface area contributed by atoms with E-state index in [0.717, 1.165) is 20.9 Å². The highest BCUT2D eigenvalue weighted by atomic mass is 79.9. The molecule has 1 aromatic carbocycles. The molecule has 0 aliphatic rings. The number of aromatic nitrogens is 1. The summed E-state index contributed by atoms with van der Waals surface area (Å²) in [6, 6.07) is 10.9. The van der Waals surface area contributed by atoms with Crippen molar-refractivity contribution in [1.82, 2.24) is 4.98 Å². The number of thiazole rings is 1. The summed E-state index contributed by atoms with van der Waals surface area (Å²) in [4.78, 5) is 16.4. The molecule has 0 fully saturated rings. The highest BCUT2D eigenvalue weighted by molar-refractivity contribution is 9.10. The molecule has 3 aromatic rings. The van der Waals surface area contributed by atoms with Crippen LogP contribution in [0, 0.1) is 0 Å². The highest BCUT2D eigenvalue weighted by Crippen LogP contribution is 2.24. The third kappa shape index (κ3) is 3.37. The van der Waals surface area contributed by atoms with Crippen molar-refractivity contribution in [1.29, 1.82) is 0 Å². The highest BCUT2D eigenvalue weighted by Gasteiger charge is 2.06. The van der Waals surface area contributed by atoms with Gasteiger partial charge in [0.2, 0.25) is 0 Å². The first-order valence-electron chi connectivity index (χ1n) is 6.20. The molecule has 21 heavy (non-hydrogen) atoms. The molecular formula is C16H10BrNO2S. The molecule has 0 saturated carbocycles. The molecule has 2 heterocycles. The monoisotopic (exact) mass is 359 g/mol. The van der Waals surface area contributed by atoms with Gasteiger partial charge in [-0.25, -0.2) is 4.98 Å². The van der Waals surface area contributed by atoms with Crippen LogP contribution in [0.5, 0.6) is 0 Å². The van der Waals surface area contributed by atoms with E-state index in [1.807, 2.05) is 29.6 Å². The number of carbonyl (C=O) groups is 1. The molecule has 0 spiro atoms. The average Bonchev–Trinajstić information content (AvgIpc) is 3.16. The molecule has 0 saturated heterocycles. The van der Waals surface area contributed by atoms with E-state index in [1.165, 1.54) is 17.4 Å². The minimum atomic E-state index is -0.0463. The van der Waals surface area contributed by atoms with Crippen molar-refractivity contribution in [2.45, 2.75) is 0 Å². The maximum absolute atomic E-state index is 12.0. The lowest BCUT2D eigenvalue weighted by Crippen LogP contribution is -1.93. The van der Waals surface area contributed by atoms with Crippen LogP contribution in [0.3, 0.4) is 0 Å². The average molecular weight is 360 g/mol. The number of hydrogen-bond donors (Lipinski definition) is 0. The van der Waals surface area contributed by atoms with Crippen LogP contribution in [0.1, 0.15) is 16.1 Å². The lowest BCUT2D eigenvalue weighted by atomic mass is 10.1. The van der Waals surface area contributed by atoms with Crippen LogP contribution < -0.4 is 0 Å². The maximum Gasteiger partial charge on any atom is 0.185 e. The number of nitrogens with zero attached hydrogens (tertiary/aromatic N) is 1. The molecule has 0 aliphatic carbocycles. The van der Waals surface area contributed by atoms with Gasteiger partial charge in [0.1, 0.15) is 0 Å². The maximum atomic E-state index is 12.0. The van der Waals surface area contributed by atoms with Crippen LogP contribution >= 0.6 is 27.3 Å². The van der Waals surface area contributed by atoms with Gasteiger partial charge in [0.15, 0.2) is 16.6 Å². The topological polar surface area (TPSA) is 43.1 Å². The third-order valence-electron chi connectivity index (χ3n) is 2.79. The Morgan fingerprint density at radius 2 is 2.05 bits per heavy atom. The largest absolute Gasteiger partial charge is 0.462 e. The molecule has 0 radical (unpaired) electrons. The van der Waals surface area contributed by atoms with E-state index in [9.17, 15) is 4.79 Å². The van der Waals surface area contributed by atoms with E-state index in [-0.39, 0.29) is 5.78 Å². The molecule has 3 rings (SSSR count). The second kappa shape index (κ2) is 6.20. The van der Waals surface area contributed by atoms with E-state index in [4.69, 9.17) is 4.42 Å². The molecule has 2 aromatic heterocycles. The molecule has 0 N–H and O–H groups in total. The van der Waals surface area contributed by atoms with Crippen LogP contribution in [0.4, 0.5) is 0 Å². The Morgan fingerprint density at radius 1 is 1.24 bits per heavy atom.